The van der Waals surface area contributed by atoms with E-state index in [1.165, 1.54) is 16.2 Å². The minimum atomic E-state index is -1.12. The van der Waals surface area contributed by atoms with Gasteiger partial charge in [-0.25, -0.2) is 14.6 Å². The number of amides is 1. The number of aromatic nitrogens is 1. The molecule has 1 unspecified atom stereocenters. The van der Waals surface area contributed by atoms with Crippen LogP contribution in [0.3, 0.4) is 0 Å². The molecule has 5 rings (SSSR count). The van der Waals surface area contributed by atoms with Gasteiger partial charge in [0.05, 0.1) is 0 Å². The molecule has 6 nitrogen and oxygen atoms in total. The molecule has 152 valence electrons. The lowest BCUT2D eigenvalue weighted by molar-refractivity contribution is -0.143. The van der Waals surface area contributed by atoms with E-state index in [4.69, 9.17) is 4.74 Å². The van der Waals surface area contributed by atoms with Crippen molar-refractivity contribution in [2.45, 2.75) is 30.8 Å². The van der Waals surface area contributed by atoms with Gasteiger partial charge in [-0.15, -0.1) is 11.3 Å². The van der Waals surface area contributed by atoms with Crippen LogP contribution >= 0.6 is 11.3 Å². The van der Waals surface area contributed by atoms with Crippen LogP contribution in [0, 0.1) is 0 Å². The molecule has 0 aliphatic heterocycles. The van der Waals surface area contributed by atoms with Crippen LogP contribution in [0.1, 0.15) is 40.9 Å². The Morgan fingerprint density at radius 2 is 1.73 bits per heavy atom. The van der Waals surface area contributed by atoms with Gasteiger partial charge in [0.2, 0.25) is 0 Å². The van der Waals surface area contributed by atoms with Crippen LogP contribution < -0.4 is 0 Å². The number of carboxylic acids is 1. The zero-order valence-electron chi connectivity index (χ0n) is 16.1. The number of thiazole rings is 1. The molecular weight excluding hydrogens is 400 g/mol. The molecule has 0 radical (unpaired) electrons. The van der Waals surface area contributed by atoms with Crippen molar-refractivity contribution in [3.8, 4) is 11.1 Å². The first-order valence-electron chi connectivity index (χ1n) is 9.90. The topological polar surface area (TPSA) is 79.7 Å². The van der Waals surface area contributed by atoms with Gasteiger partial charge in [0, 0.05) is 23.5 Å². The Labute approximate surface area is 177 Å². The van der Waals surface area contributed by atoms with E-state index >= 15 is 0 Å². The summed E-state index contributed by atoms with van der Waals surface area (Å²) in [4.78, 5) is 30.5. The summed E-state index contributed by atoms with van der Waals surface area (Å²) in [5.74, 6) is -1.16. The van der Waals surface area contributed by atoms with Crippen molar-refractivity contribution in [3.05, 3.63) is 76.2 Å². The number of ether oxygens (including phenoxy) is 1. The number of carbonyl (C=O) groups excluding carboxylic acids is 1. The minimum Gasteiger partial charge on any atom is -0.479 e. The normalized spacial score (nSPS) is 15.9. The second kappa shape index (κ2) is 7.57. The van der Waals surface area contributed by atoms with E-state index in [0.29, 0.717) is 5.01 Å². The van der Waals surface area contributed by atoms with Gasteiger partial charge in [-0.2, -0.15) is 0 Å². The molecule has 2 aromatic carbocycles. The first-order chi connectivity index (χ1) is 14.6. The van der Waals surface area contributed by atoms with Crippen LogP contribution in [0.15, 0.2) is 60.1 Å². The molecule has 0 saturated heterocycles. The highest BCUT2D eigenvalue weighted by molar-refractivity contribution is 7.09. The third kappa shape index (κ3) is 3.25. The van der Waals surface area contributed by atoms with Crippen molar-refractivity contribution in [1.82, 2.24) is 9.88 Å². The number of benzene rings is 2. The van der Waals surface area contributed by atoms with E-state index in [9.17, 15) is 14.7 Å². The van der Waals surface area contributed by atoms with Crippen LogP contribution in [0.2, 0.25) is 0 Å². The maximum absolute atomic E-state index is 13.1. The van der Waals surface area contributed by atoms with Crippen molar-refractivity contribution >= 4 is 23.4 Å². The SMILES string of the molecule is O=C(O)C(c1nccs1)N(C(=O)OCC1c2ccccc2-c2ccccc21)C1CC1. The Hall–Kier alpha value is -3.19. The molecule has 1 heterocycles. The van der Waals surface area contributed by atoms with Gasteiger partial charge in [0.25, 0.3) is 0 Å². The fourth-order valence-electron chi connectivity index (χ4n) is 4.20. The molecule has 2 aliphatic rings. The maximum atomic E-state index is 13.1. The van der Waals surface area contributed by atoms with Gasteiger partial charge in [-0.3, -0.25) is 4.90 Å². The lowest BCUT2D eigenvalue weighted by Crippen LogP contribution is -2.41. The largest absolute Gasteiger partial charge is 0.479 e. The fourth-order valence-corrected chi connectivity index (χ4v) is 4.93. The number of rotatable bonds is 6. The molecule has 7 heteroatoms. The summed E-state index contributed by atoms with van der Waals surface area (Å²) in [6.45, 7) is 0.167. The second-order valence-electron chi connectivity index (χ2n) is 7.55. The highest BCUT2D eigenvalue weighted by atomic mass is 32.1. The smallest absolute Gasteiger partial charge is 0.411 e. The van der Waals surface area contributed by atoms with Crippen molar-refractivity contribution in [1.29, 1.82) is 0 Å². The zero-order valence-corrected chi connectivity index (χ0v) is 16.9. The molecular formula is C23H20N2O4S. The molecule has 0 spiro atoms. The highest BCUT2D eigenvalue weighted by Crippen LogP contribution is 2.45. The Bertz CT molecular complexity index is 1050. The number of aliphatic carboxylic acids is 1. The zero-order chi connectivity index (χ0) is 20.7. The summed E-state index contributed by atoms with van der Waals surface area (Å²) < 4.78 is 5.73. The van der Waals surface area contributed by atoms with Crippen molar-refractivity contribution < 1.29 is 19.4 Å². The summed E-state index contributed by atoms with van der Waals surface area (Å²) in [7, 11) is 0. The Kier molecular flexibility index (Phi) is 4.75. The standard InChI is InChI=1S/C23H20N2O4S/c26-22(27)20(21-24-11-12-30-21)25(14-9-10-14)23(28)29-13-19-17-7-3-1-5-15(17)16-6-2-4-8-18(16)19/h1-8,11-12,14,19-20H,9-10,13H2,(H,26,27). The molecule has 2 aliphatic carbocycles. The predicted octanol–water partition coefficient (Wildman–Crippen LogP) is 4.68. The third-order valence-corrected chi connectivity index (χ3v) is 6.51. The molecule has 1 amide bonds. The summed E-state index contributed by atoms with van der Waals surface area (Å²) >= 11 is 1.23. The Morgan fingerprint density at radius 3 is 2.27 bits per heavy atom. The lowest BCUT2D eigenvalue weighted by atomic mass is 9.98. The monoisotopic (exact) mass is 420 g/mol. The minimum absolute atomic E-state index is 0.0643. The van der Waals surface area contributed by atoms with Gasteiger partial charge in [0.15, 0.2) is 6.04 Å². The number of hydrogen-bond acceptors (Lipinski definition) is 5. The fraction of sp³-hybridized carbons (Fsp3) is 0.261. The van der Waals surface area contributed by atoms with E-state index in [1.54, 1.807) is 11.6 Å². The molecule has 0 bridgehead atoms. The molecule has 1 atom stereocenters. The van der Waals surface area contributed by atoms with Crippen LogP contribution in [-0.2, 0) is 9.53 Å². The maximum Gasteiger partial charge on any atom is 0.411 e. The van der Waals surface area contributed by atoms with E-state index in [1.807, 2.05) is 24.3 Å². The number of nitrogens with zero attached hydrogens (tertiary/aromatic N) is 2. The Balaban J connectivity index is 1.39. The average molecular weight is 420 g/mol. The van der Waals surface area contributed by atoms with Crippen LogP contribution in [-0.4, -0.2) is 39.7 Å². The van der Waals surface area contributed by atoms with E-state index in [2.05, 4.69) is 29.2 Å². The van der Waals surface area contributed by atoms with Gasteiger partial charge >= 0.3 is 12.1 Å². The van der Waals surface area contributed by atoms with E-state index in [-0.39, 0.29) is 18.6 Å². The molecule has 1 N–H and O–H groups in total. The average Bonchev–Trinajstić information content (AvgIpc) is 3.34. The van der Waals surface area contributed by atoms with Gasteiger partial charge in [0.1, 0.15) is 11.6 Å². The predicted molar refractivity (Wildman–Crippen MR) is 112 cm³/mol. The Morgan fingerprint density at radius 1 is 1.10 bits per heavy atom. The number of hydrogen-bond donors (Lipinski definition) is 1. The molecule has 1 aromatic heterocycles. The van der Waals surface area contributed by atoms with Crippen molar-refractivity contribution in [2.24, 2.45) is 0 Å². The van der Waals surface area contributed by atoms with Gasteiger partial charge in [-0.1, -0.05) is 48.5 Å². The molecule has 3 aromatic rings. The third-order valence-electron chi connectivity index (χ3n) is 5.68. The number of carbonyl (C=O) groups is 2. The van der Waals surface area contributed by atoms with E-state index in [0.717, 1.165) is 35.1 Å². The van der Waals surface area contributed by atoms with Crippen LogP contribution in [0.5, 0.6) is 0 Å². The lowest BCUT2D eigenvalue weighted by Gasteiger charge is -2.27. The first kappa shape index (κ1) is 18.8. The van der Waals surface area contributed by atoms with Crippen LogP contribution in [0.4, 0.5) is 4.79 Å². The molecule has 30 heavy (non-hydrogen) atoms. The first-order valence-corrected chi connectivity index (χ1v) is 10.8. The second-order valence-corrected chi connectivity index (χ2v) is 8.48. The quantitative estimate of drug-likeness (QED) is 0.626. The van der Waals surface area contributed by atoms with Gasteiger partial charge in [-0.05, 0) is 35.1 Å². The molecule has 1 fully saturated rings. The van der Waals surface area contributed by atoms with Gasteiger partial charge < -0.3 is 9.84 Å². The number of fused-ring (bicyclic) bond motifs is 3. The summed E-state index contributed by atoms with van der Waals surface area (Å²) in [6, 6.07) is 15.0. The summed E-state index contributed by atoms with van der Waals surface area (Å²) in [5, 5.41) is 11.9. The number of carboxylic acid groups (broad SMARTS) is 1. The van der Waals surface area contributed by atoms with E-state index < -0.39 is 18.1 Å². The molecule has 1 saturated carbocycles. The van der Waals surface area contributed by atoms with Crippen LogP contribution in [0.25, 0.3) is 11.1 Å². The summed E-state index contributed by atoms with van der Waals surface area (Å²) in [6.07, 6.45) is 2.51. The van der Waals surface area contributed by atoms with Crippen molar-refractivity contribution in [2.75, 3.05) is 6.61 Å². The van der Waals surface area contributed by atoms with Crippen molar-refractivity contribution in [3.63, 3.8) is 0 Å². The highest BCUT2D eigenvalue weighted by Gasteiger charge is 2.44. The summed E-state index contributed by atoms with van der Waals surface area (Å²) in [5.41, 5.74) is 4.55.